The first-order chi connectivity index (χ1) is 16.6. The van der Waals surface area contributed by atoms with E-state index in [9.17, 15) is 0 Å². The highest BCUT2D eigenvalue weighted by molar-refractivity contribution is 5.34. The maximum Gasteiger partial charge on any atom is -0.0170 e. The molecule has 0 radical (unpaired) electrons. The highest BCUT2D eigenvalue weighted by Crippen LogP contribution is 2.91. The van der Waals surface area contributed by atoms with Crippen molar-refractivity contribution >= 4 is 0 Å². The fourth-order valence-corrected chi connectivity index (χ4v) is 11.4. The third-order valence-corrected chi connectivity index (χ3v) is 15.3. The lowest BCUT2D eigenvalue weighted by atomic mass is 9.45. The molecule has 0 aliphatic heterocycles. The zero-order valence-electron chi connectivity index (χ0n) is 27.1. The molecule has 0 saturated heterocycles. The highest BCUT2D eigenvalue weighted by atomic mass is 14.9. The Morgan fingerprint density at radius 1 is 0.694 bits per heavy atom. The molecule has 0 N–H and O–H groups in total. The lowest BCUT2D eigenvalue weighted by molar-refractivity contribution is -0.117. The molecule has 210 valence electrons. The normalized spacial score (nSPS) is 48.3. The quantitative estimate of drug-likeness (QED) is 0.266. The van der Waals surface area contributed by atoms with E-state index in [1.807, 2.05) is 0 Å². The van der Waals surface area contributed by atoms with Crippen molar-refractivity contribution in [3.8, 4) is 0 Å². The van der Waals surface area contributed by atoms with Gasteiger partial charge in [0.1, 0.15) is 0 Å². The summed E-state index contributed by atoms with van der Waals surface area (Å²) in [4.78, 5) is 0. The molecule has 0 aromatic carbocycles. The standard InChI is InChI=1S/C36H66/c1-19(2)23(7)26(10)28(12)27(11)24(8)22(6)17-35(18-31-16-32(31)20(3)4)30(14)36-29(13)25(9)21(5)15-33(36)34(35)36/h19-34H,15-18H2,1-14H3. The second kappa shape index (κ2) is 9.88. The van der Waals surface area contributed by atoms with Crippen molar-refractivity contribution in [2.24, 2.45) is 106 Å². The first-order valence-electron chi connectivity index (χ1n) is 16.6. The van der Waals surface area contributed by atoms with Crippen molar-refractivity contribution in [1.82, 2.24) is 0 Å². The smallest absolute Gasteiger partial charge is 0.0170 e. The van der Waals surface area contributed by atoms with Crippen LogP contribution in [0.25, 0.3) is 0 Å². The molecule has 4 fully saturated rings. The van der Waals surface area contributed by atoms with E-state index in [1.165, 1.54) is 19.3 Å². The second-order valence-electron chi connectivity index (χ2n) is 16.7. The van der Waals surface area contributed by atoms with Crippen LogP contribution in [0.2, 0.25) is 0 Å². The minimum Gasteiger partial charge on any atom is -0.0625 e. The van der Waals surface area contributed by atoms with Crippen molar-refractivity contribution in [1.29, 1.82) is 0 Å². The Bertz CT molecular complexity index is 764. The molecule has 16 unspecified atom stereocenters. The van der Waals surface area contributed by atoms with Gasteiger partial charge in [0.05, 0.1) is 0 Å². The van der Waals surface area contributed by atoms with Gasteiger partial charge in [-0.25, -0.2) is 0 Å². The Kier molecular flexibility index (Phi) is 7.96. The summed E-state index contributed by atoms with van der Waals surface area (Å²) in [5, 5.41) is 0. The number of hydrogen-bond acceptors (Lipinski definition) is 0. The lowest BCUT2D eigenvalue weighted by Crippen LogP contribution is -2.54. The van der Waals surface area contributed by atoms with Gasteiger partial charge in [-0.3, -0.25) is 0 Å². The minimum absolute atomic E-state index is 0.643. The van der Waals surface area contributed by atoms with E-state index in [4.69, 9.17) is 0 Å². The van der Waals surface area contributed by atoms with Crippen LogP contribution < -0.4 is 0 Å². The minimum atomic E-state index is 0.643. The zero-order valence-corrected chi connectivity index (χ0v) is 27.1. The van der Waals surface area contributed by atoms with E-state index in [-0.39, 0.29) is 0 Å². The van der Waals surface area contributed by atoms with Gasteiger partial charge in [-0.2, -0.15) is 0 Å². The van der Waals surface area contributed by atoms with Crippen LogP contribution in [-0.4, -0.2) is 0 Å². The number of fused-ring (bicyclic) bond motifs is 1. The van der Waals surface area contributed by atoms with E-state index in [0.29, 0.717) is 5.41 Å². The van der Waals surface area contributed by atoms with Crippen LogP contribution in [0.4, 0.5) is 0 Å². The fourth-order valence-electron chi connectivity index (χ4n) is 11.4. The SMILES string of the molecule is CC(C)C(C)C(C)C(C)C(C)C(C)C(C)CC1(CC2CC2C(C)C)C(C)C23C(C)C(C)C(C)CC2C13. The third kappa shape index (κ3) is 4.19. The summed E-state index contributed by atoms with van der Waals surface area (Å²) in [5.74, 6) is 14.4. The van der Waals surface area contributed by atoms with E-state index in [0.717, 1.165) is 100 Å². The van der Waals surface area contributed by atoms with Gasteiger partial charge in [0.25, 0.3) is 0 Å². The van der Waals surface area contributed by atoms with Crippen molar-refractivity contribution in [3.05, 3.63) is 0 Å². The van der Waals surface area contributed by atoms with Crippen molar-refractivity contribution < 1.29 is 0 Å². The Balaban J connectivity index is 1.52. The summed E-state index contributed by atoms with van der Waals surface area (Å²) in [6.07, 6.45) is 6.14. The molecule has 4 saturated carbocycles. The second-order valence-corrected chi connectivity index (χ2v) is 16.7. The molecular weight excluding hydrogens is 432 g/mol. The number of hydrogen-bond donors (Lipinski definition) is 0. The predicted octanol–water partition coefficient (Wildman–Crippen LogP) is 10.7. The van der Waals surface area contributed by atoms with Crippen LogP contribution in [0.15, 0.2) is 0 Å². The summed E-state index contributed by atoms with van der Waals surface area (Å²) in [6.45, 7) is 35.9. The molecule has 4 rings (SSSR count). The average molecular weight is 499 g/mol. The summed E-state index contributed by atoms with van der Waals surface area (Å²) < 4.78 is 0. The van der Waals surface area contributed by atoms with Gasteiger partial charge in [-0.05, 0) is 131 Å². The van der Waals surface area contributed by atoms with Gasteiger partial charge in [-0.15, -0.1) is 0 Å². The van der Waals surface area contributed by atoms with Gasteiger partial charge in [0, 0.05) is 0 Å². The van der Waals surface area contributed by atoms with Crippen molar-refractivity contribution in [3.63, 3.8) is 0 Å². The molecule has 36 heavy (non-hydrogen) atoms. The topological polar surface area (TPSA) is 0 Å². The van der Waals surface area contributed by atoms with Crippen LogP contribution in [0.5, 0.6) is 0 Å². The Morgan fingerprint density at radius 2 is 1.25 bits per heavy atom. The van der Waals surface area contributed by atoms with Gasteiger partial charge in [0.15, 0.2) is 0 Å². The third-order valence-electron chi connectivity index (χ3n) is 15.3. The lowest BCUT2D eigenvalue weighted by Gasteiger charge is -2.59. The Hall–Kier alpha value is 0. The summed E-state index contributed by atoms with van der Waals surface area (Å²) in [5.41, 5.74) is 1.36. The summed E-state index contributed by atoms with van der Waals surface area (Å²) in [6, 6.07) is 0. The van der Waals surface area contributed by atoms with Gasteiger partial charge >= 0.3 is 0 Å². The Labute approximate surface area is 227 Å². The predicted molar refractivity (Wildman–Crippen MR) is 159 cm³/mol. The zero-order chi connectivity index (χ0) is 27.1. The van der Waals surface area contributed by atoms with E-state index in [1.54, 1.807) is 6.42 Å². The first-order valence-corrected chi connectivity index (χ1v) is 16.6. The van der Waals surface area contributed by atoms with Crippen molar-refractivity contribution in [2.75, 3.05) is 0 Å². The maximum atomic E-state index is 2.75. The monoisotopic (exact) mass is 499 g/mol. The van der Waals surface area contributed by atoms with Gasteiger partial charge < -0.3 is 0 Å². The van der Waals surface area contributed by atoms with Crippen LogP contribution in [0, 0.1) is 106 Å². The van der Waals surface area contributed by atoms with Crippen LogP contribution in [-0.2, 0) is 0 Å². The molecule has 4 aliphatic rings. The molecule has 0 heteroatoms. The summed E-state index contributed by atoms with van der Waals surface area (Å²) in [7, 11) is 0. The molecule has 0 aromatic rings. The van der Waals surface area contributed by atoms with Crippen molar-refractivity contribution in [2.45, 2.75) is 123 Å². The number of rotatable bonds is 11. The van der Waals surface area contributed by atoms with Gasteiger partial charge in [0.2, 0.25) is 0 Å². The maximum absolute atomic E-state index is 2.75. The van der Waals surface area contributed by atoms with E-state index < -0.39 is 0 Å². The molecule has 0 aromatic heterocycles. The average Bonchev–Trinajstić information content (AvgIpc) is 3.72. The molecule has 4 aliphatic carbocycles. The molecule has 0 amide bonds. The molecule has 16 atom stereocenters. The van der Waals surface area contributed by atoms with E-state index in [2.05, 4.69) is 96.9 Å². The molecule has 0 heterocycles. The van der Waals surface area contributed by atoms with Crippen LogP contribution in [0.1, 0.15) is 123 Å². The van der Waals surface area contributed by atoms with Crippen LogP contribution in [0.3, 0.4) is 0 Å². The first kappa shape index (κ1) is 29.0. The fraction of sp³-hybridized carbons (Fsp3) is 1.00. The molecular formula is C36H66. The Morgan fingerprint density at radius 3 is 1.78 bits per heavy atom. The molecule has 0 bridgehead atoms. The molecule has 0 nitrogen and oxygen atoms in total. The highest BCUT2D eigenvalue weighted by Gasteiger charge is 2.87. The van der Waals surface area contributed by atoms with Gasteiger partial charge in [-0.1, -0.05) is 96.9 Å². The molecule has 1 spiro atoms. The van der Waals surface area contributed by atoms with Crippen LogP contribution >= 0.6 is 0 Å². The summed E-state index contributed by atoms with van der Waals surface area (Å²) >= 11 is 0. The largest absolute Gasteiger partial charge is 0.0625 e. The van der Waals surface area contributed by atoms with E-state index >= 15 is 0 Å².